The van der Waals surface area contributed by atoms with Crippen molar-refractivity contribution >= 4 is 44.8 Å². The SMILES string of the molecule is CN(C)C(=O)c1cccc(NC(=O)c2ccc(Cl)c(NS(=O)(=O)c3ccc(F)cc3)c2)c1. The number of anilines is 2. The van der Waals surface area contributed by atoms with Gasteiger partial charge in [-0.1, -0.05) is 17.7 Å². The van der Waals surface area contributed by atoms with E-state index in [0.29, 0.717) is 11.3 Å². The summed E-state index contributed by atoms with van der Waals surface area (Å²) >= 11 is 6.10. The molecule has 0 spiro atoms. The van der Waals surface area contributed by atoms with Gasteiger partial charge in [0.05, 0.1) is 15.6 Å². The van der Waals surface area contributed by atoms with E-state index in [1.54, 1.807) is 32.3 Å². The summed E-state index contributed by atoms with van der Waals surface area (Å²) in [4.78, 5) is 26.1. The number of halogens is 2. The van der Waals surface area contributed by atoms with Crippen LogP contribution < -0.4 is 10.0 Å². The standard InChI is InChI=1S/C22H19ClFN3O4S/c1-27(2)22(29)15-4-3-5-17(12-15)25-21(28)14-6-11-19(23)20(13-14)26-32(30,31)18-9-7-16(24)8-10-18/h3-13,26H,1-2H3,(H,25,28). The highest BCUT2D eigenvalue weighted by Gasteiger charge is 2.18. The Bertz CT molecular complexity index is 1280. The molecule has 166 valence electrons. The summed E-state index contributed by atoms with van der Waals surface area (Å²) in [5, 5.41) is 2.74. The van der Waals surface area contributed by atoms with Crippen LogP contribution in [0.15, 0.2) is 71.6 Å². The first-order chi connectivity index (χ1) is 15.1. The van der Waals surface area contributed by atoms with Crippen molar-refractivity contribution in [3.63, 3.8) is 0 Å². The predicted octanol–water partition coefficient (Wildman–Crippen LogP) is 4.23. The topological polar surface area (TPSA) is 95.6 Å². The third kappa shape index (κ3) is 5.43. The molecule has 0 saturated heterocycles. The third-order valence-corrected chi connectivity index (χ3v) is 6.08. The molecule has 0 aliphatic heterocycles. The molecule has 3 aromatic rings. The lowest BCUT2D eigenvalue weighted by molar-refractivity contribution is 0.0827. The van der Waals surface area contributed by atoms with Crippen LogP contribution in [0.3, 0.4) is 0 Å². The van der Waals surface area contributed by atoms with Crippen molar-refractivity contribution < 1.29 is 22.4 Å². The molecule has 3 rings (SSSR count). The van der Waals surface area contributed by atoms with E-state index < -0.39 is 21.7 Å². The molecule has 0 radical (unpaired) electrons. The Balaban J connectivity index is 1.82. The van der Waals surface area contributed by atoms with Crippen LogP contribution in [0.1, 0.15) is 20.7 Å². The summed E-state index contributed by atoms with van der Waals surface area (Å²) in [7, 11) is -0.811. The summed E-state index contributed by atoms with van der Waals surface area (Å²) in [5.41, 5.74) is 0.915. The van der Waals surface area contributed by atoms with Gasteiger partial charge in [-0.2, -0.15) is 0 Å². The minimum atomic E-state index is -4.05. The number of carbonyl (C=O) groups excluding carboxylic acids is 2. The van der Waals surface area contributed by atoms with Crippen molar-refractivity contribution in [1.82, 2.24) is 4.90 Å². The van der Waals surface area contributed by atoms with Crippen molar-refractivity contribution in [2.75, 3.05) is 24.1 Å². The van der Waals surface area contributed by atoms with Gasteiger partial charge in [0.15, 0.2) is 0 Å². The molecule has 0 aromatic heterocycles. The zero-order valence-electron chi connectivity index (χ0n) is 17.1. The van der Waals surface area contributed by atoms with Crippen LogP contribution >= 0.6 is 11.6 Å². The van der Waals surface area contributed by atoms with E-state index in [2.05, 4.69) is 10.0 Å². The van der Waals surface area contributed by atoms with Gasteiger partial charge in [-0.3, -0.25) is 14.3 Å². The highest BCUT2D eigenvalue weighted by molar-refractivity contribution is 7.92. The van der Waals surface area contributed by atoms with Crippen molar-refractivity contribution in [2.24, 2.45) is 0 Å². The largest absolute Gasteiger partial charge is 0.345 e. The predicted molar refractivity (Wildman–Crippen MR) is 121 cm³/mol. The molecule has 3 aromatic carbocycles. The van der Waals surface area contributed by atoms with Gasteiger partial charge < -0.3 is 10.2 Å². The van der Waals surface area contributed by atoms with E-state index in [1.807, 2.05) is 0 Å². The Labute approximate surface area is 189 Å². The zero-order valence-corrected chi connectivity index (χ0v) is 18.7. The summed E-state index contributed by atoms with van der Waals surface area (Å²) in [5.74, 6) is -1.32. The van der Waals surface area contributed by atoms with Gasteiger partial charge in [0.25, 0.3) is 21.8 Å². The van der Waals surface area contributed by atoms with Crippen molar-refractivity contribution in [3.05, 3.63) is 88.7 Å². The number of nitrogens with zero attached hydrogens (tertiary/aromatic N) is 1. The van der Waals surface area contributed by atoms with Gasteiger partial charge in [0, 0.05) is 30.9 Å². The molecule has 0 atom stereocenters. The van der Waals surface area contributed by atoms with Crippen molar-refractivity contribution in [1.29, 1.82) is 0 Å². The van der Waals surface area contributed by atoms with Gasteiger partial charge in [0.2, 0.25) is 0 Å². The average molecular weight is 476 g/mol. The number of sulfonamides is 1. The second-order valence-corrected chi connectivity index (χ2v) is 9.08. The number of hydrogen-bond donors (Lipinski definition) is 2. The van der Waals surface area contributed by atoms with Crippen LogP contribution in [-0.4, -0.2) is 39.2 Å². The van der Waals surface area contributed by atoms with E-state index in [9.17, 15) is 22.4 Å². The minimum Gasteiger partial charge on any atom is -0.345 e. The quantitative estimate of drug-likeness (QED) is 0.557. The molecule has 2 N–H and O–H groups in total. The Morgan fingerprint density at radius 1 is 0.938 bits per heavy atom. The molecule has 0 heterocycles. The molecule has 7 nitrogen and oxygen atoms in total. The van der Waals surface area contributed by atoms with Crippen LogP contribution in [0, 0.1) is 5.82 Å². The molecule has 0 saturated carbocycles. The molecular formula is C22H19ClFN3O4S. The number of rotatable bonds is 6. The van der Waals surface area contributed by atoms with Gasteiger partial charge >= 0.3 is 0 Å². The molecule has 0 aliphatic rings. The highest BCUT2D eigenvalue weighted by atomic mass is 35.5. The maximum absolute atomic E-state index is 13.1. The fraction of sp³-hybridized carbons (Fsp3) is 0.0909. The van der Waals surface area contributed by atoms with Crippen LogP contribution in [0.2, 0.25) is 5.02 Å². The lowest BCUT2D eigenvalue weighted by Gasteiger charge is -2.13. The van der Waals surface area contributed by atoms with Crippen LogP contribution in [0.25, 0.3) is 0 Å². The average Bonchev–Trinajstić information content (AvgIpc) is 2.75. The van der Waals surface area contributed by atoms with Gasteiger partial charge in [0.1, 0.15) is 5.82 Å². The maximum Gasteiger partial charge on any atom is 0.261 e. The molecule has 32 heavy (non-hydrogen) atoms. The molecule has 2 amide bonds. The summed E-state index contributed by atoms with van der Waals surface area (Å²) in [6.07, 6.45) is 0. The first kappa shape index (κ1) is 23.2. The first-order valence-corrected chi connectivity index (χ1v) is 11.1. The maximum atomic E-state index is 13.1. The summed E-state index contributed by atoms with van der Waals surface area (Å²) < 4.78 is 40.5. The number of hydrogen-bond acceptors (Lipinski definition) is 4. The lowest BCUT2D eigenvalue weighted by Crippen LogP contribution is -2.22. The van der Waals surface area contributed by atoms with Crippen molar-refractivity contribution in [2.45, 2.75) is 4.90 Å². The van der Waals surface area contributed by atoms with Crippen molar-refractivity contribution in [3.8, 4) is 0 Å². The van der Waals surface area contributed by atoms with Crippen LogP contribution in [-0.2, 0) is 10.0 Å². The number of amides is 2. The first-order valence-electron chi connectivity index (χ1n) is 9.28. The summed E-state index contributed by atoms with van der Waals surface area (Å²) in [6, 6.07) is 14.8. The monoisotopic (exact) mass is 475 g/mol. The highest BCUT2D eigenvalue weighted by Crippen LogP contribution is 2.26. The van der Waals surface area contributed by atoms with Crippen LogP contribution in [0.4, 0.5) is 15.8 Å². The second-order valence-electron chi connectivity index (χ2n) is 6.99. The van der Waals surface area contributed by atoms with E-state index in [0.717, 1.165) is 24.3 Å². The van der Waals surface area contributed by atoms with Gasteiger partial charge in [-0.25, -0.2) is 12.8 Å². The Hall–Kier alpha value is -3.43. The summed E-state index contributed by atoms with van der Waals surface area (Å²) in [6.45, 7) is 0. The molecule has 0 bridgehead atoms. The Morgan fingerprint density at radius 3 is 2.28 bits per heavy atom. The lowest BCUT2D eigenvalue weighted by atomic mass is 10.1. The van der Waals surface area contributed by atoms with Crippen LogP contribution in [0.5, 0.6) is 0 Å². The van der Waals surface area contributed by atoms with E-state index in [1.165, 1.54) is 29.2 Å². The molecule has 0 fully saturated rings. The molecule has 0 aliphatic carbocycles. The zero-order chi connectivity index (χ0) is 23.5. The fourth-order valence-corrected chi connectivity index (χ4v) is 4.05. The number of nitrogens with one attached hydrogen (secondary N) is 2. The normalized spacial score (nSPS) is 11.0. The van der Waals surface area contributed by atoms with Gasteiger partial charge in [-0.15, -0.1) is 0 Å². The molecule has 10 heteroatoms. The second kappa shape index (κ2) is 9.37. The smallest absolute Gasteiger partial charge is 0.261 e. The minimum absolute atomic E-state index is 0.0137. The van der Waals surface area contributed by atoms with Gasteiger partial charge in [-0.05, 0) is 60.7 Å². The third-order valence-electron chi connectivity index (χ3n) is 4.37. The fourth-order valence-electron chi connectivity index (χ4n) is 2.75. The van der Waals surface area contributed by atoms with E-state index in [-0.39, 0.29) is 27.1 Å². The Kier molecular flexibility index (Phi) is 6.81. The van der Waals surface area contributed by atoms with E-state index >= 15 is 0 Å². The number of carbonyl (C=O) groups is 2. The van der Waals surface area contributed by atoms with E-state index in [4.69, 9.17) is 11.6 Å². The number of benzene rings is 3. The molecule has 0 unspecified atom stereocenters. The molecular weight excluding hydrogens is 457 g/mol. The Morgan fingerprint density at radius 2 is 1.62 bits per heavy atom.